The third-order valence-corrected chi connectivity index (χ3v) is 4.21. The molecular weight excluding hydrogens is 356 g/mol. The summed E-state index contributed by atoms with van der Waals surface area (Å²) in [5.74, 6) is 1.89. The van der Waals surface area contributed by atoms with Crippen LogP contribution in [0.1, 0.15) is 19.7 Å². The predicted molar refractivity (Wildman–Crippen MR) is 103 cm³/mol. The molecule has 0 aliphatic heterocycles. The van der Waals surface area contributed by atoms with E-state index in [0.717, 1.165) is 16.3 Å². The van der Waals surface area contributed by atoms with Crippen LogP contribution in [0.4, 0.5) is 5.69 Å². The third-order valence-electron chi connectivity index (χ3n) is 3.09. The molecule has 0 saturated carbocycles. The van der Waals surface area contributed by atoms with Gasteiger partial charge in [-0.1, -0.05) is 11.2 Å². The van der Waals surface area contributed by atoms with Crippen LogP contribution in [0.5, 0.6) is 5.75 Å². The Morgan fingerprint density at radius 3 is 2.76 bits per heavy atom. The maximum Gasteiger partial charge on any atom is 0.246 e. The number of ether oxygens (including phenoxy) is 1. The number of thiocarbonyl (C=S) groups is 1. The molecule has 0 bridgehead atoms. The second-order valence-corrected chi connectivity index (χ2v) is 6.84. The zero-order valence-corrected chi connectivity index (χ0v) is 15.5. The first-order valence-corrected chi connectivity index (χ1v) is 9.07. The number of hydrogen-bond acceptors (Lipinski definition) is 6. The van der Waals surface area contributed by atoms with Crippen LogP contribution in [0.15, 0.2) is 46.3 Å². The predicted octanol–water partition coefficient (Wildman–Crippen LogP) is 4.07. The van der Waals surface area contributed by atoms with Gasteiger partial charge >= 0.3 is 0 Å². The van der Waals surface area contributed by atoms with E-state index in [1.54, 1.807) is 11.3 Å². The molecule has 3 aromatic rings. The maximum atomic E-state index is 5.61. The molecule has 8 heteroatoms. The average molecular weight is 374 g/mol. The van der Waals surface area contributed by atoms with Gasteiger partial charge in [-0.25, -0.2) is 0 Å². The smallest absolute Gasteiger partial charge is 0.246 e. The average Bonchev–Trinajstić information content (AvgIpc) is 3.25. The van der Waals surface area contributed by atoms with Crippen LogP contribution in [0.2, 0.25) is 0 Å². The van der Waals surface area contributed by atoms with E-state index in [2.05, 4.69) is 20.8 Å². The largest absolute Gasteiger partial charge is 0.491 e. The van der Waals surface area contributed by atoms with Crippen LogP contribution >= 0.6 is 23.6 Å². The number of benzene rings is 1. The minimum Gasteiger partial charge on any atom is -0.491 e. The van der Waals surface area contributed by atoms with Gasteiger partial charge in [-0.05, 0) is 61.8 Å². The van der Waals surface area contributed by atoms with Crippen LogP contribution in [0.25, 0.3) is 10.7 Å². The van der Waals surface area contributed by atoms with Gasteiger partial charge in [0, 0.05) is 5.69 Å². The minimum absolute atomic E-state index is 0.148. The molecule has 1 aromatic carbocycles. The van der Waals surface area contributed by atoms with E-state index in [9.17, 15) is 0 Å². The maximum absolute atomic E-state index is 5.61. The first-order valence-electron chi connectivity index (χ1n) is 7.78. The van der Waals surface area contributed by atoms with Gasteiger partial charge in [-0.15, -0.1) is 11.3 Å². The molecule has 2 heterocycles. The number of aromatic nitrogens is 2. The molecule has 0 aliphatic carbocycles. The monoisotopic (exact) mass is 374 g/mol. The van der Waals surface area contributed by atoms with E-state index in [0.29, 0.717) is 23.4 Å². The van der Waals surface area contributed by atoms with Gasteiger partial charge in [0.25, 0.3) is 0 Å². The Labute approximate surface area is 155 Å². The van der Waals surface area contributed by atoms with E-state index in [1.807, 2.05) is 55.6 Å². The first-order chi connectivity index (χ1) is 12.1. The summed E-state index contributed by atoms with van der Waals surface area (Å²) in [4.78, 5) is 5.31. The Morgan fingerprint density at radius 2 is 2.08 bits per heavy atom. The van der Waals surface area contributed by atoms with Crippen LogP contribution < -0.4 is 15.4 Å². The fourth-order valence-electron chi connectivity index (χ4n) is 2.05. The molecule has 6 nitrogen and oxygen atoms in total. The minimum atomic E-state index is 0.148. The summed E-state index contributed by atoms with van der Waals surface area (Å²) in [5.41, 5.74) is 0.874. The lowest BCUT2D eigenvalue weighted by Gasteiger charge is -2.12. The molecule has 25 heavy (non-hydrogen) atoms. The molecule has 0 saturated heterocycles. The number of rotatable bonds is 6. The fourth-order valence-corrected chi connectivity index (χ4v) is 2.89. The number of nitrogens with zero attached hydrogens (tertiary/aromatic N) is 2. The first kappa shape index (κ1) is 17.4. The Hall–Kier alpha value is -2.45. The molecule has 0 fully saturated rings. The Kier molecular flexibility index (Phi) is 5.62. The van der Waals surface area contributed by atoms with Crippen molar-refractivity contribution in [2.24, 2.45) is 0 Å². The lowest BCUT2D eigenvalue weighted by molar-refractivity contribution is 0.242. The van der Waals surface area contributed by atoms with Crippen molar-refractivity contribution in [3.8, 4) is 16.5 Å². The third kappa shape index (κ3) is 5.01. The van der Waals surface area contributed by atoms with Crippen molar-refractivity contribution in [2.75, 3.05) is 5.32 Å². The molecule has 130 valence electrons. The molecule has 0 aliphatic rings. The zero-order chi connectivity index (χ0) is 17.6. The summed E-state index contributed by atoms with van der Waals surface area (Å²) in [6.07, 6.45) is 0.148. The van der Waals surface area contributed by atoms with Crippen molar-refractivity contribution in [3.63, 3.8) is 0 Å². The Morgan fingerprint density at radius 1 is 1.28 bits per heavy atom. The molecule has 2 aromatic heterocycles. The fraction of sp³-hybridized carbons (Fsp3) is 0.235. The van der Waals surface area contributed by atoms with Crippen molar-refractivity contribution in [1.82, 2.24) is 15.5 Å². The zero-order valence-electron chi connectivity index (χ0n) is 13.9. The Balaban J connectivity index is 1.49. The van der Waals surface area contributed by atoms with Gasteiger partial charge in [0.15, 0.2) is 5.11 Å². The summed E-state index contributed by atoms with van der Waals surface area (Å²) < 4.78 is 10.8. The van der Waals surface area contributed by atoms with E-state index >= 15 is 0 Å². The quantitative estimate of drug-likeness (QED) is 0.630. The number of anilines is 1. The molecule has 0 radical (unpaired) electrons. The molecule has 0 amide bonds. The molecule has 2 N–H and O–H groups in total. The van der Waals surface area contributed by atoms with E-state index < -0.39 is 0 Å². The number of nitrogens with one attached hydrogen (secondary N) is 2. The summed E-state index contributed by atoms with van der Waals surface area (Å²) in [7, 11) is 0. The molecule has 3 rings (SSSR count). The standard InChI is InChI=1S/C17H18N4O2S2/c1-11(2)22-13-7-5-12(6-8-13)19-17(24)18-10-15-20-16(21-23-15)14-4-3-9-25-14/h3-9,11H,10H2,1-2H3,(H2,18,19,24). The normalized spacial score (nSPS) is 10.7. The van der Waals surface area contributed by atoms with Crippen molar-refractivity contribution < 1.29 is 9.26 Å². The highest BCUT2D eigenvalue weighted by atomic mass is 32.1. The van der Waals surface area contributed by atoms with Gasteiger partial charge in [-0.3, -0.25) is 0 Å². The van der Waals surface area contributed by atoms with Gasteiger partial charge in [0.1, 0.15) is 5.75 Å². The van der Waals surface area contributed by atoms with E-state index in [1.165, 1.54) is 0 Å². The summed E-state index contributed by atoms with van der Waals surface area (Å²) in [6.45, 7) is 4.35. The van der Waals surface area contributed by atoms with Gasteiger partial charge in [0.2, 0.25) is 11.7 Å². The highest BCUT2D eigenvalue weighted by molar-refractivity contribution is 7.80. The Bertz CT molecular complexity index is 814. The number of thiophene rings is 1. The summed E-state index contributed by atoms with van der Waals surface area (Å²) in [6, 6.07) is 11.5. The molecule has 0 unspecified atom stereocenters. The SMILES string of the molecule is CC(C)Oc1ccc(NC(=S)NCc2nc(-c3cccs3)no2)cc1. The van der Waals surface area contributed by atoms with Crippen LogP contribution in [0, 0.1) is 0 Å². The highest BCUT2D eigenvalue weighted by Crippen LogP contribution is 2.21. The topological polar surface area (TPSA) is 72.2 Å². The second-order valence-electron chi connectivity index (χ2n) is 5.49. The van der Waals surface area contributed by atoms with Crippen molar-refractivity contribution in [2.45, 2.75) is 26.5 Å². The molecular formula is C17H18N4O2S2. The van der Waals surface area contributed by atoms with Crippen LogP contribution in [-0.2, 0) is 6.54 Å². The van der Waals surface area contributed by atoms with Crippen molar-refractivity contribution >= 4 is 34.4 Å². The van der Waals surface area contributed by atoms with Crippen LogP contribution in [-0.4, -0.2) is 21.4 Å². The van der Waals surface area contributed by atoms with Gasteiger partial charge < -0.3 is 19.9 Å². The van der Waals surface area contributed by atoms with Gasteiger partial charge in [-0.2, -0.15) is 4.98 Å². The lowest BCUT2D eigenvalue weighted by atomic mass is 10.3. The van der Waals surface area contributed by atoms with E-state index in [4.69, 9.17) is 21.5 Å². The summed E-state index contributed by atoms with van der Waals surface area (Å²) >= 11 is 6.85. The summed E-state index contributed by atoms with van der Waals surface area (Å²) in [5, 5.41) is 12.6. The van der Waals surface area contributed by atoms with Crippen molar-refractivity contribution in [1.29, 1.82) is 0 Å². The van der Waals surface area contributed by atoms with E-state index in [-0.39, 0.29) is 6.10 Å². The van der Waals surface area contributed by atoms with Crippen LogP contribution in [0.3, 0.4) is 0 Å². The molecule has 0 atom stereocenters. The number of hydrogen-bond donors (Lipinski definition) is 2. The molecule has 0 spiro atoms. The lowest BCUT2D eigenvalue weighted by Crippen LogP contribution is -2.28. The second kappa shape index (κ2) is 8.09. The van der Waals surface area contributed by atoms with Crippen molar-refractivity contribution in [3.05, 3.63) is 47.7 Å². The highest BCUT2D eigenvalue weighted by Gasteiger charge is 2.09. The van der Waals surface area contributed by atoms with Gasteiger partial charge in [0.05, 0.1) is 17.5 Å².